The molecule has 6 nitrogen and oxygen atoms in total. The maximum absolute atomic E-state index is 12.4. The number of imide groups is 1. The summed E-state index contributed by atoms with van der Waals surface area (Å²) in [5.41, 5.74) is 2.59. The number of benzene rings is 1. The number of hydrogen-bond donors (Lipinski definition) is 1. The number of rotatable bonds is 6. The van der Waals surface area contributed by atoms with Crippen LogP contribution < -0.4 is 14.8 Å². The van der Waals surface area contributed by atoms with Crippen molar-refractivity contribution in [3.63, 3.8) is 0 Å². The first kappa shape index (κ1) is 26.7. The van der Waals surface area contributed by atoms with Gasteiger partial charge in [-0.25, -0.2) is 4.79 Å². The van der Waals surface area contributed by atoms with Crippen molar-refractivity contribution in [1.82, 2.24) is 5.32 Å². The highest BCUT2D eigenvalue weighted by Gasteiger charge is 2.56. The number of hydrogen-bond acceptors (Lipinski definition) is 5. The first-order valence-corrected chi connectivity index (χ1v) is 13.6. The highest BCUT2D eigenvalue weighted by molar-refractivity contribution is 6.76. The molecule has 2 fully saturated rings. The topological polar surface area (TPSA) is 73.9 Å². The molecule has 1 aromatic carbocycles. The molecule has 1 aromatic rings. The molecule has 0 bridgehead atoms. The second kappa shape index (κ2) is 10.5. The zero-order valence-corrected chi connectivity index (χ0v) is 22.8. The Morgan fingerprint density at radius 3 is 2.60 bits per heavy atom. The molecule has 4 rings (SSSR count). The predicted molar refractivity (Wildman–Crippen MR) is 137 cm³/mol. The lowest BCUT2D eigenvalue weighted by atomic mass is 9.55. The number of carbonyl (C=O) groups is 2. The molecular weight excluding hydrogens is 513 g/mol. The van der Waals surface area contributed by atoms with Gasteiger partial charge in [-0.05, 0) is 86.0 Å². The third-order valence-corrected chi connectivity index (χ3v) is 8.91. The van der Waals surface area contributed by atoms with Crippen LogP contribution in [0.2, 0.25) is 0 Å². The van der Waals surface area contributed by atoms with Crippen molar-refractivity contribution in [1.29, 1.82) is 0 Å². The van der Waals surface area contributed by atoms with Gasteiger partial charge in [0.1, 0.15) is 6.10 Å². The summed E-state index contributed by atoms with van der Waals surface area (Å²) in [6.45, 7) is 5.07. The Morgan fingerprint density at radius 2 is 1.91 bits per heavy atom. The summed E-state index contributed by atoms with van der Waals surface area (Å²) >= 11 is 16.7. The second-order valence-electron chi connectivity index (χ2n) is 10.3. The van der Waals surface area contributed by atoms with Crippen molar-refractivity contribution < 1.29 is 23.8 Å². The van der Waals surface area contributed by atoms with Crippen LogP contribution in [-0.2, 0) is 16.0 Å². The number of halogens is 3. The maximum atomic E-state index is 12.4. The third-order valence-electron chi connectivity index (χ3n) is 8.40. The number of methoxy groups -OCH3 is 1. The Labute approximate surface area is 222 Å². The number of aryl methyl sites for hydroxylation is 1. The quantitative estimate of drug-likeness (QED) is 0.317. The van der Waals surface area contributed by atoms with E-state index in [4.69, 9.17) is 49.0 Å². The van der Waals surface area contributed by atoms with E-state index in [1.165, 1.54) is 11.1 Å². The average molecular weight is 547 g/mol. The Morgan fingerprint density at radius 1 is 1.14 bits per heavy atom. The van der Waals surface area contributed by atoms with Crippen LogP contribution >= 0.6 is 34.8 Å². The summed E-state index contributed by atoms with van der Waals surface area (Å²) in [5.74, 6) is 2.03. The molecule has 3 aliphatic rings. The first-order chi connectivity index (χ1) is 16.6. The van der Waals surface area contributed by atoms with E-state index in [0.717, 1.165) is 62.9 Å². The Balaban J connectivity index is 1.48. The van der Waals surface area contributed by atoms with Gasteiger partial charge >= 0.3 is 6.09 Å². The van der Waals surface area contributed by atoms with Crippen LogP contribution in [0.15, 0.2) is 12.1 Å². The highest BCUT2D eigenvalue weighted by atomic mass is 35.6. The molecule has 9 heteroatoms. The van der Waals surface area contributed by atoms with E-state index in [0.29, 0.717) is 24.4 Å². The number of nitrogens with one attached hydrogen (secondary N) is 1. The van der Waals surface area contributed by atoms with Gasteiger partial charge in [-0.2, -0.15) is 0 Å². The van der Waals surface area contributed by atoms with Gasteiger partial charge in [0.25, 0.3) is 9.70 Å². The van der Waals surface area contributed by atoms with Gasteiger partial charge in [0, 0.05) is 5.41 Å². The summed E-state index contributed by atoms with van der Waals surface area (Å²) in [4.78, 5) is 24.2. The molecule has 0 spiro atoms. The molecule has 0 aromatic heterocycles. The molecule has 5 atom stereocenters. The fourth-order valence-electron chi connectivity index (χ4n) is 6.64. The monoisotopic (exact) mass is 545 g/mol. The van der Waals surface area contributed by atoms with Crippen LogP contribution in [0.3, 0.4) is 0 Å². The van der Waals surface area contributed by atoms with Gasteiger partial charge in [0.05, 0.1) is 13.7 Å². The zero-order valence-electron chi connectivity index (χ0n) is 20.5. The molecule has 194 valence electrons. The van der Waals surface area contributed by atoms with Crippen molar-refractivity contribution in [2.24, 2.45) is 17.3 Å². The van der Waals surface area contributed by atoms with Crippen LogP contribution in [0.1, 0.15) is 75.8 Å². The van der Waals surface area contributed by atoms with Crippen molar-refractivity contribution in [2.45, 2.75) is 81.0 Å². The Kier molecular flexibility index (Phi) is 8.04. The molecular formula is C26H34Cl3NO5. The van der Waals surface area contributed by atoms with E-state index < -0.39 is 15.8 Å². The lowest BCUT2D eigenvalue weighted by molar-refractivity contribution is -0.120. The average Bonchev–Trinajstić information content (AvgIpc) is 3.13. The molecule has 0 radical (unpaired) electrons. The minimum absolute atomic E-state index is 0.146. The molecule has 1 N–H and O–H groups in total. The first-order valence-electron chi connectivity index (χ1n) is 12.5. The fraction of sp³-hybridized carbons (Fsp3) is 0.692. The number of carbonyl (C=O) groups excluding carboxylic acids is 2. The molecule has 35 heavy (non-hydrogen) atoms. The summed E-state index contributed by atoms with van der Waals surface area (Å²) in [5, 5.41) is 2.04. The molecule has 3 unspecified atom stereocenters. The number of alkyl carbamates (subject to hydrolysis) is 1. The van der Waals surface area contributed by atoms with Crippen molar-refractivity contribution >= 4 is 46.8 Å². The van der Waals surface area contributed by atoms with Gasteiger partial charge < -0.3 is 14.2 Å². The minimum atomic E-state index is -2.21. The molecule has 2 amide bonds. The van der Waals surface area contributed by atoms with Crippen LogP contribution in [0.5, 0.6) is 11.5 Å². The molecule has 0 heterocycles. The van der Waals surface area contributed by atoms with Crippen LogP contribution in [0.4, 0.5) is 4.79 Å². The maximum Gasteiger partial charge on any atom is 0.414 e. The molecule has 3 aliphatic carbocycles. The number of alkyl halides is 3. The third kappa shape index (κ3) is 5.35. The summed E-state index contributed by atoms with van der Waals surface area (Å²) < 4.78 is 15.2. The van der Waals surface area contributed by atoms with Crippen molar-refractivity contribution in [2.75, 3.05) is 13.7 Å². The molecule has 0 saturated heterocycles. The summed E-state index contributed by atoms with van der Waals surface area (Å²) in [6, 6.07) is 4.37. The lowest BCUT2D eigenvalue weighted by Gasteiger charge is -2.50. The minimum Gasteiger partial charge on any atom is -0.493 e. The lowest BCUT2D eigenvalue weighted by Crippen LogP contribution is -2.47. The van der Waals surface area contributed by atoms with E-state index in [-0.39, 0.29) is 11.5 Å². The second-order valence-corrected chi connectivity index (χ2v) is 12.6. The largest absolute Gasteiger partial charge is 0.493 e. The van der Waals surface area contributed by atoms with Gasteiger partial charge in [0.15, 0.2) is 11.5 Å². The van der Waals surface area contributed by atoms with E-state index >= 15 is 0 Å². The van der Waals surface area contributed by atoms with E-state index in [1.54, 1.807) is 7.11 Å². The normalized spacial score (nSPS) is 29.4. The van der Waals surface area contributed by atoms with E-state index in [2.05, 4.69) is 26.0 Å². The fourth-order valence-corrected chi connectivity index (χ4v) is 6.79. The predicted octanol–water partition coefficient (Wildman–Crippen LogP) is 6.72. The summed E-state index contributed by atoms with van der Waals surface area (Å²) in [6.07, 6.45) is 6.78. The van der Waals surface area contributed by atoms with Crippen molar-refractivity contribution in [3.05, 3.63) is 23.3 Å². The van der Waals surface area contributed by atoms with Gasteiger partial charge in [-0.15, -0.1) is 0 Å². The summed E-state index contributed by atoms with van der Waals surface area (Å²) in [7, 11) is 1.70. The van der Waals surface area contributed by atoms with E-state index in [9.17, 15) is 9.59 Å². The van der Waals surface area contributed by atoms with Gasteiger partial charge in [0.2, 0.25) is 0 Å². The van der Waals surface area contributed by atoms with Crippen molar-refractivity contribution in [3.8, 4) is 11.5 Å². The number of unbranched alkanes of at least 4 members (excludes halogenated alkanes) is 1. The SMILES string of the molecule is CCCCOc1cc2c(cc1OC)C1CC[C@@]3(C)C(CC[C@@H]3OC(=O)NC(=O)C(Cl)(Cl)Cl)C1CC2. The smallest absolute Gasteiger partial charge is 0.414 e. The Hall–Kier alpha value is -1.37. The Bertz CT molecular complexity index is 965. The highest BCUT2D eigenvalue weighted by Crippen LogP contribution is 2.62. The van der Waals surface area contributed by atoms with Crippen LogP contribution in [-0.4, -0.2) is 35.6 Å². The van der Waals surface area contributed by atoms with E-state index in [1.807, 2.05) is 5.32 Å². The number of ether oxygens (including phenoxy) is 3. The number of fused-ring (bicyclic) bond motifs is 5. The zero-order chi connectivity index (χ0) is 25.4. The molecule has 0 aliphatic heterocycles. The molecule has 2 saturated carbocycles. The van der Waals surface area contributed by atoms with Crippen LogP contribution in [0, 0.1) is 17.3 Å². The van der Waals surface area contributed by atoms with Gasteiger partial charge in [-0.3, -0.25) is 10.1 Å². The van der Waals surface area contributed by atoms with Crippen LogP contribution in [0.25, 0.3) is 0 Å². The number of amides is 2. The standard InChI is InChI=1S/C26H34Cl3NO5/c1-4-5-12-34-21-13-15-6-7-17-16(18(15)14-20(21)33-3)10-11-25(2)19(17)8-9-22(25)35-24(32)30-23(31)26(27,28)29/h13-14,16-17,19,22H,4-12H2,1-3H3,(H,30,31,32)/t16?,17?,19?,22-,25-/m0/s1. The van der Waals surface area contributed by atoms with Gasteiger partial charge in [-0.1, -0.05) is 55.1 Å².